The summed E-state index contributed by atoms with van der Waals surface area (Å²) >= 11 is 1.65. The zero-order chi connectivity index (χ0) is 21.7. The standard InChI is InChI=1S/C26H25N3O2S/c30-22-10-9-18(23-7-4-16-32-23)19(22)17-25(31)28-14-11-26(12-15-28)24-8-3-13-29(24)21-6-2-1-5-20(21)27-26/h1-8,13,16,27H,9-12,14-15,17H2. The molecule has 2 aliphatic heterocycles. The molecule has 0 saturated carbocycles. The normalized spacial score (nSPS) is 19.1. The summed E-state index contributed by atoms with van der Waals surface area (Å²) < 4.78 is 2.28. The zero-order valence-electron chi connectivity index (χ0n) is 17.8. The number of ketones is 1. The average molecular weight is 444 g/mol. The molecule has 4 heterocycles. The van der Waals surface area contributed by atoms with Crippen LogP contribution in [0.4, 0.5) is 5.69 Å². The Balaban J connectivity index is 1.21. The van der Waals surface area contributed by atoms with Crippen LogP contribution in [0.1, 0.15) is 42.7 Å². The lowest BCUT2D eigenvalue weighted by atomic mass is 9.82. The predicted octanol–water partition coefficient (Wildman–Crippen LogP) is 4.99. The maximum absolute atomic E-state index is 13.2. The van der Waals surface area contributed by atoms with Gasteiger partial charge in [-0.1, -0.05) is 18.2 Å². The number of thiophene rings is 1. The number of nitrogens with one attached hydrogen (secondary N) is 1. The van der Waals surface area contributed by atoms with E-state index in [0.29, 0.717) is 19.5 Å². The van der Waals surface area contributed by atoms with Crippen molar-refractivity contribution >= 4 is 34.3 Å². The molecule has 6 heteroatoms. The van der Waals surface area contributed by atoms with Gasteiger partial charge in [0.25, 0.3) is 0 Å². The lowest BCUT2D eigenvalue weighted by Gasteiger charge is -2.46. The number of amides is 1. The predicted molar refractivity (Wildman–Crippen MR) is 127 cm³/mol. The summed E-state index contributed by atoms with van der Waals surface area (Å²) in [6, 6.07) is 16.7. The summed E-state index contributed by atoms with van der Waals surface area (Å²) in [6.07, 6.45) is 5.33. The maximum Gasteiger partial charge on any atom is 0.227 e. The van der Waals surface area contributed by atoms with Crippen LogP contribution in [-0.4, -0.2) is 34.2 Å². The molecule has 0 unspecified atom stereocenters. The molecule has 1 aliphatic carbocycles. The van der Waals surface area contributed by atoms with Gasteiger partial charge in [0.1, 0.15) is 0 Å². The quantitative estimate of drug-likeness (QED) is 0.621. The number of aromatic nitrogens is 1. The number of para-hydroxylation sites is 2. The van der Waals surface area contributed by atoms with Crippen molar-refractivity contribution in [1.82, 2.24) is 9.47 Å². The number of carbonyl (C=O) groups is 2. The minimum atomic E-state index is -0.167. The van der Waals surface area contributed by atoms with Gasteiger partial charge in [0.15, 0.2) is 5.78 Å². The fourth-order valence-corrected chi connectivity index (χ4v) is 6.34. The molecular weight excluding hydrogens is 418 g/mol. The first kappa shape index (κ1) is 19.6. The Kier molecular flexibility index (Phi) is 4.57. The summed E-state index contributed by atoms with van der Waals surface area (Å²) in [5, 5.41) is 5.83. The fourth-order valence-electron chi connectivity index (χ4n) is 5.51. The van der Waals surface area contributed by atoms with Gasteiger partial charge in [-0.3, -0.25) is 9.59 Å². The fraction of sp³-hybridized carbons (Fsp3) is 0.308. The van der Waals surface area contributed by atoms with Crippen LogP contribution in [0, 0.1) is 0 Å². The first-order chi connectivity index (χ1) is 15.6. The molecule has 0 bridgehead atoms. The Labute approximate surface area is 191 Å². The topological polar surface area (TPSA) is 54.3 Å². The Bertz CT molecular complexity index is 1230. The molecule has 0 radical (unpaired) electrons. The van der Waals surface area contributed by atoms with Crippen LogP contribution in [-0.2, 0) is 15.1 Å². The second kappa shape index (κ2) is 7.48. The van der Waals surface area contributed by atoms with Gasteiger partial charge < -0.3 is 14.8 Å². The number of hydrogen-bond acceptors (Lipinski definition) is 4. The van der Waals surface area contributed by atoms with Gasteiger partial charge in [0, 0.05) is 41.9 Å². The van der Waals surface area contributed by atoms with E-state index in [4.69, 9.17) is 0 Å². The highest BCUT2D eigenvalue weighted by Gasteiger charge is 2.42. The number of carbonyl (C=O) groups excluding carboxylic acids is 2. The number of benzene rings is 1. The van der Waals surface area contributed by atoms with E-state index in [-0.39, 0.29) is 23.7 Å². The summed E-state index contributed by atoms with van der Waals surface area (Å²) in [5.74, 6) is 0.212. The van der Waals surface area contributed by atoms with Crippen molar-refractivity contribution in [3.05, 3.63) is 76.3 Å². The first-order valence-corrected chi connectivity index (χ1v) is 12.1. The highest BCUT2D eigenvalue weighted by Crippen LogP contribution is 2.43. The van der Waals surface area contributed by atoms with Crippen molar-refractivity contribution in [2.45, 2.75) is 37.6 Å². The highest BCUT2D eigenvalue weighted by molar-refractivity contribution is 7.11. The minimum absolute atomic E-state index is 0.0748. The van der Waals surface area contributed by atoms with E-state index in [0.717, 1.165) is 41.0 Å². The lowest BCUT2D eigenvalue weighted by Crippen LogP contribution is -2.51. The molecule has 1 saturated heterocycles. The molecule has 1 fully saturated rings. The van der Waals surface area contributed by atoms with Gasteiger partial charge in [0.2, 0.25) is 5.91 Å². The molecule has 1 spiro atoms. The highest BCUT2D eigenvalue weighted by atomic mass is 32.1. The van der Waals surface area contributed by atoms with Gasteiger partial charge in [-0.15, -0.1) is 11.3 Å². The van der Waals surface area contributed by atoms with Crippen LogP contribution in [0.5, 0.6) is 0 Å². The molecule has 1 N–H and O–H groups in total. The summed E-state index contributed by atoms with van der Waals surface area (Å²) in [7, 11) is 0. The Morgan fingerprint density at radius 3 is 2.69 bits per heavy atom. The summed E-state index contributed by atoms with van der Waals surface area (Å²) in [5.41, 5.74) is 5.21. The molecule has 3 aliphatic rings. The van der Waals surface area contributed by atoms with E-state index in [9.17, 15) is 9.59 Å². The number of nitrogens with zero attached hydrogens (tertiary/aromatic N) is 2. The number of Topliss-reactive ketones (excluding diaryl/α,β-unsaturated/α-hetero) is 1. The molecule has 3 aromatic rings. The third-order valence-electron chi connectivity index (χ3n) is 7.20. The second-order valence-electron chi connectivity index (χ2n) is 8.90. The van der Waals surface area contributed by atoms with E-state index in [1.807, 2.05) is 16.3 Å². The molecule has 1 aromatic carbocycles. The van der Waals surface area contributed by atoms with Crippen LogP contribution in [0.3, 0.4) is 0 Å². The Morgan fingerprint density at radius 1 is 1.03 bits per heavy atom. The third kappa shape index (κ3) is 3.05. The van der Waals surface area contributed by atoms with E-state index in [1.165, 1.54) is 11.4 Å². The zero-order valence-corrected chi connectivity index (χ0v) is 18.7. The SMILES string of the molecule is O=C1CCC(c2cccs2)=C1CC(=O)N1CCC2(CC1)Nc1ccccc1-n1cccc12. The van der Waals surface area contributed by atoms with E-state index in [2.05, 4.69) is 58.5 Å². The number of fused-ring (bicyclic) bond motifs is 4. The van der Waals surface area contributed by atoms with Crippen LogP contribution < -0.4 is 5.32 Å². The lowest BCUT2D eigenvalue weighted by molar-refractivity contribution is -0.132. The van der Waals surface area contributed by atoms with Gasteiger partial charge in [-0.25, -0.2) is 0 Å². The number of allylic oxidation sites excluding steroid dienone is 1. The maximum atomic E-state index is 13.2. The van der Waals surface area contributed by atoms with Gasteiger partial charge in [0.05, 0.1) is 23.3 Å². The molecule has 1 amide bonds. The Morgan fingerprint density at radius 2 is 1.88 bits per heavy atom. The van der Waals surface area contributed by atoms with Crippen LogP contribution in [0.2, 0.25) is 0 Å². The Hall–Kier alpha value is -3.12. The second-order valence-corrected chi connectivity index (χ2v) is 9.85. The largest absolute Gasteiger partial charge is 0.372 e. The molecule has 162 valence electrons. The van der Waals surface area contributed by atoms with Crippen LogP contribution in [0.25, 0.3) is 11.3 Å². The molecule has 6 rings (SSSR count). The molecule has 2 aromatic heterocycles. The van der Waals surface area contributed by atoms with E-state index in [1.54, 1.807) is 11.3 Å². The van der Waals surface area contributed by atoms with Gasteiger partial charge in [-0.05, 0) is 60.5 Å². The first-order valence-electron chi connectivity index (χ1n) is 11.3. The number of anilines is 1. The van der Waals surface area contributed by atoms with E-state index < -0.39 is 0 Å². The number of hydrogen-bond donors (Lipinski definition) is 1. The minimum Gasteiger partial charge on any atom is -0.372 e. The number of likely N-dealkylation sites (tertiary alicyclic amines) is 1. The smallest absolute Gasteiger partial charge is 0.227 e. The van der Waals surface area contributed by atoms with Crippen molar-refractivity contribution in [1.29, 1.82) is 0 Å². The summed E-state index contributed by atoms with van der Waals surface area (Å²) in [6.45, 7) is 1.38. The monoisotopic (exact) mass is 443 g/mol. The van der Waals surface area contributed by atoms with Crippen molar-refractivity contribution in [3.8, 4) is 5.69 Å². The van der Waals surface area contributed by atoms with Crippen molar-refractivity contribution in [2.24, 2.45) is 0 Å². The number of piperidine rings is 1. The number of rotatable bonds is 3. The van der Waals surface area contributed by atoms with Crippen molar-refractivity contribution < 1.29 is 9.59 Å². The van der Waals surface area contributed by atoms with Crippen molar-refractivity contribution in [2.75, 3.05) is 18.4 Å². The average Bonchev–Trinajstić information content (AvgIpc) is 3.57. The van der Waals surface area contributed by atoms with Gasteiger partial charge in [-0.2, -0.15) is 0 Å². The van der Waals surface area contributed by atoms with E-state index >= 15 is 0 Å². The molecule has 32 heavy (non-hydrogen) atoms. The van der Waals surface area contributed by atoms with Crippen LogP contribution >= 0.6 is 11.3 Å². The summed E-state index contributed by atoms with van der Waals surface area (Å²) in [4.78, 5) is 28.8. The molecule has 0 atom stereocenters. The van der Waals surface area contributed by atoms with Gasteiger partial charge >= 0.3 is 0 Å². The third-order valence-corrected chi connectivity index (χ3v) is 8.13. The molecular formula is C26H25N3O2S. The van der Waals surface area contributed by atoms with Crippen molar-refractivity contribution in [3.63, 3.8) is 0 Å². The molecule has 5 nitrogen and oxygen atoms in total. The van der Waals surface area contributed by atoms with Crippen LogP contribution in [0.15, 0.2) is 65.7 Å².